The number of rotatable bonds is 5. The van der Waals surface area contributed by atoms with Gasteiger partial charge >= 0.3 is 6.09 Å². The molecule has 2 unspecified atom stereocenters. The van der Waals surface area contributed by atoms with Gasteiger partial charge in [0, 0.05) is 0 Å². The summed E-state index contributed by atoms with van der Waals surface area (Å²) in [6.45, 7) is 3.60. The Balaban J connectivity index is 2.15. The van der Waals surface area contributed by atoms with Crippen molar-refractivity contribution in [3.63, 3.8) is 0 Å². The van der Waals surface area contributed by atoms with Gasteiger partial charge in [-0.2, -0.15) is 0 Å². The Kier molecular flexibility index (Phi) is 4.96. The Hall–Kier alpha value is -1.88. The maximum Gasteiger partial charge on any atom is 0.416 e. The molecule has 1 aromatic rings. The van der Waals surface area contributed by atoms with Crippen LogP contribution in [0.3, 0.4) is 0 Å². The molecule has 1 aliphatic rings. The van der Waals surface area contributed by atoms with Crippen LogP contribution in [0.4, 0.5) is 4.79 Å². The molecule has 5 nitrogen and oxygen atoms in total. The lowest BCUT2D eigenvalue weighted by atomic mass is 9.97. The zero-order chi connectivity index (χ0) is 15.4. The summed E-state index contributed by atoms with van der Waals surface area (Å²) >= 11 is 0. The highest BCUT2D eigenvalue weighted by molar-refractivity contribution is 5.95. The summed E-state index contributed by atoms with van der Waals surface area (Å²) in [5.74, 6) is -0.926. The molecule has 0 radical (unpaired) electrons. The first-order valence-corrected chi connectivity index (χ1v) is 7.26. The van der Waals surface area contributed by atoms with E-state index in [1.807, 2.05) is 37.3 Å². The molecular formula is C16H21NO4. The highest BCUT2D eigenvalue weighted by Gasteiger charge is 2.41. The molecule has 0 aliphatic carbocycles. The number of amides is 2. The number of benzene rings is 1. The number of nitrogens with zero attached hydrogens (tertiary/aromatic N) is 1. The van der Waals surface area contributed by atoms with E-state index in [1.54, 1.807) is 6.92 Å². The van der Waals surface area contributed by atoms with Crippen molar-refractivity contribution in [1.29, 1.82) is 0 Å². The molecule has 1 aromatic carbocycles. The Morgan fingerprint density at radius 1 is 1.43 bits per heavy atom. The van der Waals surface area contributed by atoms with Crippen LogP contribution in [0, 0.1) is 5.92 Å². The van der Waals surface area contributed by atoms with Gasteiger partial charge in [0.15, 0.2) is 0 Å². The van der Waals surface area contributed by atoms with E-state index >= 15 is 0 Å². The maximum atomic E-state index is 12.5. The van der Waals surface area contributed by atoms with E-state index in [1.165, 1.54) is 4.90 Å². The molecule has 3 atom stereocenters. The number of carbonyl (C=O) groups excluding carboxylic acids is 2. The second kappa shape index (κ2) is 6.72. The van der Waals surface area contributed by atoms with Gasteiger partial charge in [0.2, 0.25) is 5.91 Å². The third-order valence-corrected chi connectivity index (χ3v) is 3.85. The summed E-state index contributed by atoms with van der Waals surface area (Å²) in [6.07, 6.45) is -0.347. The predicted molar refractivity (Wildman–Crippen MR) is 77.6 cm³/mol. The summed E-state index contributed by atoms with van der Waals surface area (Å²) in [7, 11) is 0. The van der Waals surface area contributed by atoms with Crippen molar-refractivity contribution >= 4 is 12.0 Å². The van der Waals surface area contributed by atoms with Crippen molar-refractivity contribution in [2.45, 2.75) is 38.8 Å². The predicted octanol–water partition coefficient (Wildman–Crippen LogP) is 1.98. The van der Waals surface area contributed by atoms with Crippen LogP contribution in [0.15, 0.2) is 30.3 Å². The van der Waals surface area contributed by atoms with Gasteiger partial charge in [-0.25, -0.2) is 9.69 Å². The molecule has 1 saturated heterocycles. The molecule has 0 aromatic heterocycles. The van der Waals surface area contributed by atoms with Crippen LogP contribution >= 0.6 is 0 Å². The third-order valence-electron chi connectivity index (χ3n) is 3.85. The highest BCUT2D eigenvalue weighted by Crippen LogP contribution is 2.22. The van der Waals surface area contributed by atoms with Crippen molar-refractivity contribution in [1.82, 2.24) is 4.90 Å². The van der Waals surface area contributed by atoms with Gasteiger partial charge in [-0.15, -0.1) is 0 Å². The molecule has 2 rings (SSSR count). The lowest BCUT2D eigenvalue weighted by Gasteiger charge is -2.25. The molecule has 1 aliphatic heterocycles. The van der Waals surface area contributed by atoms with Crippen LogP contribution in [0.25, 0.3) is 0 Å². The van der Waals surface area contributed by atoms with E-state index in [0.717, 1.165) is 5.56 Å². The van der Waals surface area contributed by atoms with Crippen LogP contribution < -0.4 is 0 Å². The van der Waals surface area contributed by atoms with Crippen molar-refractivity contribution < 1.29 is 19.4 Å². The number of cyclic esters (lactones) is 1. The van der Waals surface area contributed by atoms with Crippen molar-refractivity contribution in [2.24, 2.45) is 5.92 Å². The summed E-state index contributed by atoms with van der Waals surface area (Å²) in [5, 5.41) is 9.71. The number of ether oxygens (including phenoxy) is 1. The minimum Gasteiger partial charge on any atom is -0.447 e. The number of aliphatic hydroxyl groups excluding tert-OH is 1. The molecule has 0 bridgehead atoms. The lowest BCUT2D eigenvalue weighted by molar-refractivity contribution is -0.136. The van der Waals surface area contributed by atoms with Gasteiger partial charge in [-0.1, -0.05) is 37.3 Å². The first-order chi connectivity index (χ1) is 10.0. The fraction of sp³-hybridized carbons (Fsp3) is 0.500. The Morgan fingerprint density at radius 2 is 2.10 bits per heavy atom. The molecule has 114 valence electrons. The van der Waals surface area contributed by atoms with Crippen LogP contribution in [0.2, 0.25) is 0 Å². The van der Waals surface area contributed by atoms with E-state index in [9.17, 15) is 14.7 Å². The molecule has 5 heteroatoms. The van der Waals surface area contributed by atoms with E-state index in [0.29, 0.717) is 12.8 Å². The maximum absolute atomic E-state index is 12.5. The monoisotopic (exact) mass is 291 g/mol. The number of aliphatic hydroxyl groups is 1. The smallest absolute Gasteiger partial charge is 0.416 e. The van der Waals surface area contributed by atoms with E-state index in [2.05, 4.69) is 0 Å². The second-order valence-electron chi connectivity index (χ2n) is 5.38. The summed E-state index contributed by atoms with van der Waals surface area (Å²) < 4.78 is 5.03. The number of hydrogen-bond acceptors (Lipinski definition) is 4. The topological polar surface area (TPSA) is 66.8 Å². The molecule has 1 heterocycles. The molecule has 0 spiro atoms. The number of imide groups is 1. The largest absolute Gasteiger partial charge is 0.447 e. The molecule has 21 heavy (non-hydrogen) atoms. The van der Waals surface area contributed by atoms with Gasteiger partial charge in [-0.05, 0) is 25.3 Å². The number of carbonyl (C=O) groups is 2. The zero-order valence-electron chi connectivity index (χ0n) is 12.4. The van der Waals surface area contributed by atoms with E-state index in [4.69, 9.17) is 4.74 Å². The number of hydrogen-bond donors (Lipinski definition) is 1. The fourth-order valence-electron chi connectivity index (χ4n) is 2.67. The van der Waals surface area contributed by atoms with Crippen LogP contribution in [0.1, 0.15) is 25.8 Å². The summed E-state index contributed by atoms with van der Waals surface area (Å²) in [4.78, 5) is 25.5. The molecule has 2 amide bonds. The van der Waals surface area contributed by atoms with Gasteiger partial charge in [0.05, 0.1) is 18.1 Å². The van der Waals surface area contributed by atoms with Gasteiger partial charge in [0.1, 0.15) is 6.61 Å². The second-order valence-corrected chi connectivity index (χ2v) is 5.38. The average molecular weight is 291 g/mol. The molecule has 0 saturated carbocycles. The standard InChI is InChI=1S/C16H21NO4/c1-3-14(11(2)18)15(19)17-13(10-21-16(17)20)9-12-7-5-4-6-8-12/h4-8,11,13-14,18H,3,9-10H2,1-2H3/t11?,13-,14?/m0/s1. The fourth-order valence-corrected chi connectivity index (χ4v) is 2.67. The van der Waals surface area contributed by atoms with E-state index in [-0.39, 0.29) is 18.6 Å². The zero-order valence-corrected chi connectivity index (χ0v) is 12.4. The quantitative estimate of drug-likeness (QED) is 0.901. The van der Waals surface area contributed by atoms with Crippen molar-refractivity contribution in [2.75, 3.05) is 6.61 Å². The Labute approximate surface area is 124 Å². The van der Waals surface area contributed by atoms with Crippen molar-refractivity contribution in [3.8, 4) is 0 Å². The lowest BCUT2D eigenvalue weighted by Crippen LogP contribution is -2.45. The minimum absolute atomic E-state index is 0.204. The van der Waals surface area contributed by atoms with Crippen molar-refractivity contribution in [3.05, 3.63) is 35.9 Å². The van der Waals surface area contributed by atoms with Crippen LogP contribution in [-0.4, -0.2) is 40.8 Å². The first kappa shape index (κ1) is 15.5. The van der Waals surface area contributed by atoms with E-state index < -0.39 is 18.1 Å². The molecular weight excluding hydrogens is 270 g/mol. The summed E-state index contributed by atoms with van der Waals surface area (Å²) in [6, 6.07) is 9.37. The first-order valence-electron chi connectivity index (χ1n) is 7.26. The molecule has 1 fully saturated rings. The normalized spacial score (nSPS) is 21.0. The van der Waals surface area contributed by atoms with Crippen LogP contribution in [-0.2, 0) is 16.0 Å². The SMILES string of the molecule is CCC(C(=O)N1C(=O)OC[C@@H]1Cc1ccccc1)C(C)O. The summed E-state index contributed by atoms with van der Waals surface area (Å²) in [5.41, 5.74) is 1.05. The van der Waals surface area contributed by atoms with Gasteiger partial charge < -0.3 is 9.84 Å². The average Bonchev–Trinajstić information content (AvgIpc) is 2.81. The van der Waals surface area contributed by atoms with Gasteiger partial charge in [-0.3, -0.25) is 4.79 Å². The minimum atomic E-state index is -0.784. The van der Waals surface area contributed by atoms with Gasteiger partial charge in [0.25, 0.3) is 0 Å². The third kappa shape index (κ3) is 3.42. The van der Waals surface area contributed by atoms with Crippen LogP contribution in [0.5, 0.6) is 0 Å². The Bertz CT molecular complexity index is 500. The Morgan fingerprint density at radius 3 is 2.67 bits per heavy atom. The highest BCUT2D eigenvalue weighted by atomic mass is 16.6. The molecule has 1 N–H and O–H groups in total.